The number of rotatable bonds is 41. The van der Waals surface area contributed by atoms with Crippen LogP contribution in [-0.2, 0) is 46.5 Å². The van der Waals surface area contributed by atoms with Crippen molar-refractivity contribution in [2.75, 3.05) is 26.4 Å². The molecule has 0 aliphatic carbocycles. The summed E-state index contributed by atoms with van der Waals surface area (Å²) >= 11 is 0. The summed E-state index contributed by atoms with van der Waals surface area (Å²) in [7, 11) is -9.79. The number of allylic oxidation sites excluding steroid dienone is 2. The minimum atomic E-state index is -4.90. The Kier molecular flexibility index (Phi) is 35.3. The maximum Gasteiger partial charge on any atom is 0.472 e. The number of phosphoric acid groups is 2. The number of hydrogen-bond acceptors (Lipinski definition) is 14. The highest BCUT2D eigenvalue weighted by molar-refractivity contribution is 7.47. The van der Waals surface area contributed by atoms with Gasteiger partial charge in [-0.05, 0) is 38.0 Å². The zero-order valence-corrected chi connectivity index (χ0v) is 41.3. The Balaban J connectivity index is 2.55. The minimum absolute atomic E-state index is 0.0569. The molecule has 1 fully saturated rings. The maximum atomic E-state index is 12.8. The number of hydrogen-bond donors (Lipinski definition) is 7. The van der Waals surface area contributed by atoms with Crippen LogP contribution in [0.4, 0.5) is 0 Å². The van der Waals surface area contributed by atoms with E-state index in [2.05, 4.69) is 29.8 Å². The normalized spacial score (nSPS) is 20.6. The molecule has 0 bridgehead atoms. The molecule has 8 atom stereocenters. The Morgan fingerprint density at radius 3 is 1.85 bits per heavy atom. The molecular formula is C46H86O17P2. The molecule has 1 heterocycles. The van der Waals surface area contributed by atoms with Crippen molar-refractivity contribution in [3.8, 4) is 0 Å². The van der Waals surface area contributed by atoms with Gasteiger partial charge in [0.2, 0.25) is 0 Å². The molecule has 19 heteroatoms. The summed E-state index contributed by atoms with van der Waals surface area (Å²) in [6, 6.07) is 0. The van der Waals surface area contributed by atoms with Crippen LogP contribution >= 0.6 is 15.6 Å². The van der Waals surface area contributed by atoms with E-state index >= 15 is 0 Å². The van der Waals surface area contributed by atoms with Crippen molar-refractivity contribution >= 4 is 27.6 Å². The Morgan fingerprint density at radius 1 is 0.692 bits per heavy atom. The predicted molar refractivity (Wildman–Crippen MR) is 247 cm³/mol. The molecule has 1 saturated heterocycles. The van der Waals surface area contributed by atoms with Gasteiger partial charge in [-0.1, -0.05) is 154 Å². The first-order chi connectivity index (χ1) is 30.9. The Labute approximate surface area is 388 Å². The van der Waals surface area contributed by atoms with Gasteiger partial charge in [-0.2, -0.15) is 0 Å². The van der Waals surface area contributed by atoms with E-state index in [0.29, 0.717) is 32.1 Å². The van der Waals surface area contributed by atoms with Crippen LogP contribution in [0.15, 0.2) is 24.3 Å². The second kappa shape index (κ2) is 37.3. The number of aliphatic hydroxyl groups excluding tert-OH is 4. The van der Waals surface area contributed by atoms with Gasteiger partial charge in [-0.3, -0.25) is 23.2 Å². The lowest BCUT2D eigenvalue weighted by atomic mass is 9.87. The van der Waals surface area contributed by atoms with Crippen LogP contribution in [0.3, 0.4) is 0 Å². The van der Waals surface area contributed by atoms with Crippen LogP contribution in [0.1, 0.15) is 181 Å². The molecule has 382 valence electrons. The Bertz CT molecular complexity index is 1370. The van der Waals surface area contributed by atoms with Gasteiger partial charge < -0.3 is 49.3 Å². The van der Waals surface area contributed by atoms with Crippen LogP contribution in [-0.4, -0.2) is 110 Å². The van der Waals surface area contributed by atoms with E-state index in [1.807, 2.05) is 12.2 Å². The molecule has 0 amide bonds. The lowest BCUT2D eigenvalue weighted by Gasteiger charge is -2.36. The molecule has 0 aromatic carbocycles. The zero-order chi connectivity index (χ0) is 48.4. The summed E-state index contributed by atoms with van der Waals surface area (Å²) in [5.74, 6) is -0.789. The van der Waals surface area contributed by atoms with Gasteiger partial charge >= 0.3 is 27.6 Å². The van der Waals surface area contributed by atoms with Crippen molar-refractivity contribution in [2.45, 2.75) is 218 Å². The molecule has 17 nitrogen and oxygen atoms in total. The monoisotopic (exact) mass is 973 g/mol. The Hall–Kier alpha value is -1.56. The topological polar surface area (TPSA) is 265 Å². The number of esters is 2. The molecule has 0 saturated carbocycles. The molecule has 1 aliphatic rings. The van der Waals surface area contributed by atoms with Crippen molar-refractivity contribution in [2.24, 2.45) is 11.8 Å². The molecule has 1 aliphatic heterocycles. The van der Waals surface area contributed by atoms with E-state index in [-0.39, 0.29) is 25.2 Å². The second-order valence-electron chi connectivity index (χ2n) is 17.7. The first-order valence-electron chi connectivity index (χ1n) is 24.3. The predicted octanol–water partition coefficient (Wildman–Crippen LogP) is 8.64. The highest BCUT2D eigenvalue weighted by Gasteiger charge is 2.35. The number of phosphoric ester groups is 2. The van der Waals surface area contributed by atoms with E-state index < -0.39 is 90.8 Å². The third-order valence-corrected chi connectivity index (χ3v) is 12.5. The first kappa shape index (κ1) is 61.5. The molecule has 0 spiro atoms. The molecule has 0 radical (unpaired) electrons. The molecular weight excluding hydrogens is 886 g/mol. The highest BCUT2D eigenvalue weighted by atomic mass is 31.2. The summed E-state index contributed by atoms with van der Waals surface area (Å²) in [6.45, 7) is 3.69. The van der Waals surface area contributed by atoms with Gasteiger partial charge in [0.05, 0.1) is 38.1 Å². The molecule has 65 heavy (non-hydrogen) atoms. The number of carbonyl (C=O) groups is 2. The quantitative estimate of drug-likeness (QED) is 0.0131. The molecule has 1 rings (SSSR count). The van der Waals surface area contributed by atoms with E-state index in [4.69, 9.17) is 28.5 Å². The van der Waals surface area contributed by atoms with E-state index in [1.54, 1.807) is 12.2 Å². The average Bonchev–Trinajstić information content (AvgIpc) is 3.23. The molecule has 0 aromatic heterocycles. The minimum Gasteiger partial charge on any atom is -0.462 e. The number of unbranched alkanes of at least 4 members (excludes halogenated alkanes) is 16. The number of carbonyl (C=O) groups excluding carboxylic acids is 2. The van der Waals surface area contributed by atoms with E-state index in [1.165, 1.54) is 64.2 Å². The van der Waals surface area contributed by atoms with Gasteiger partial charge in [0.15, 0.2) is 12.4 Å². The van der Waals surface area contributed by atoms with Crippen molar-refractivity contribution in [1.82, 2.24) is 0 Å². The molecule has 7 N–H and O–H groups in total. The first-order valence-corrected chi connectivity index (χ1v) is 27.3. The van der Waals surface area contributed by atoms with Gasteiger partial charge in [0.25, 0.3) is 0 Å². The van der Waals surface area contributed by atoms with E-state index in [9.17, 15) is 44.0 Å². The van der Waals surface area contributed by atoms with Gasteiger partial charge in [0, 0.05) is 25.2 Å². The van der Waals surface area contributed by atoms with E-state index in [0.717, 1.165) is 50.9 Å². The largest absolute Gasteiger partial charge is 0.472 e. The number of aliphatic hydroxyl groups is 4. The van der Waals surface area contributed by atoms with Crippen molar-refractivity contribution in [1.29, 1.82) is 0 Å². The van der Waals surface area contributed by atoms with Crippen LogP contribution < -0.4 is 0 Å². The van der Waals surface area contributed by atoms with Crippen LogP contribution in [0.25, 0.3) is 0 Å². The maximum absolute atomic E-state index is 12.8. The van der Waals surface area contributed by atoms with Gasteiger partial charge in [-0.15, -0.1) is 0 Å². The average molecular weight is 973 g/mol. The summed E-state index contributed by atoms with van der Waals surface area (Å²) in [5.41, 5.74) is 0. The fourth-order valence-corrected chi connectivity index (χ4v) is 8.43. The lowest BCUT2D eigenvalue weighted by Crippen LogP contribution is -2.43. The second-order valence-corrected chi connectivity index (χ2v) is 20.4. The smallest absolute Gasteiger partial charge is 0.462 e. The van der Waals surface area contributed by atoms with Crippen molar-refractivity contribution < 1.29 is 81.6 Å². The third kappa shape index (κ3) is 36.1. The van der Waals surface area contributed by atoms with Crippen LogP contribution in [0.5, 0.6) is 0 Å². The molecule has 2 unspecified atom stereocenters. The Morgan fingerprint density at radius 2 is 1.25 bits per heavy atom. The zero-order valence-electron chi connectivity index (χ0n) is 39.5. The third-order valence-electron chi connectivity index (χ3n) is 11.1. The van der Waals surface area contributed by atoms with Crippen molar-refractivity contribution in [3.63, 3.8) is 0 Å². The summed E-state index contributed by atoms with van der Waals surface area (Å²) in [5, 5.41) is 40.8. The SMILES string of the molecule is CCCCC[C@H](O)/C=C/[C@H]1OC(O)C[C@H](O)[C@@H]1C/C=C\CCCC(=O)O[C@H](COC(=O)CCCCCCCCCCCCCCCCC(C)C)COP(=O)(O)OC[C@@H](O)COP(=O)(O)O. The fraction of sp³-hybridized carbons (Fsp3) is 0.870. The highest BCUT2D eigenvalue weighted by Crippen LogP contribution is 2.44. The fourth-order valence-electron chi connectivity index (χ4n) is 7.28. The summed E-state index contributed by atoms with van der Waals surface area (Å²) in [4.78, 5) is 53.1. The standard InChI is InChI=1S/C46H86O17P2/c1-4-5-20-26-38(47)30-31-43-41(42(49)32-46(52)63-43)27-22-18-19-24-29-45(51)62-40(36-61-65(56,57)60-34-39(48)33-59-64(53,54)55)35-58-44(50)28-23-17-15-13-11-9-7-6-8-10-12-14-16-21-25-37(2)3/h18,22,30-31,37-43,46-49,52H,4-17,19-21,23-29,32-36H2,1-3H3,(H,56,57)(H2,53,54,55)/b22-18-,31-30+/t38-,39-,40+,41-,42-,43+,46?/m0/s1. The summed E-state index contributed by atoms with van der Waals surface area (Å²) in [6.07, 6.45) is 23.5. The summed E-state index contributed by atoms with van der Waals surface area (Å²) < 4.78 is 53.6. The lowest BCUT2D eigenvalue weighted by molar-refractivity contribution is -0.199. The van der Waals surface area contributed by atoms with Crippen molar-refractivity contribution in [3.05, 3.63) is 24.3 Å². The van der Waals surface area contributed by atoms with Gasteiger partial charge in [-0.25, -0.2) is 9.13 Å². The van der Waals surface area contributed by atoms with Crippen LogP contribution in [0, 0.1) is 11.8 Å². The molecule has 0 aromatic rings. The van der Waals surface area contributed by atoms with Crippen LogP contribution in [0.2, 0.25) is 0 Å². The number of ether oxygens (including phenoxy) is 3. The van der Waals surface area contributed by atoms with Gasteiger partial charge in [0.1, 0.15) is 12.7 Å².